The van der Waals surface area contributed by atoms with Crippen LogP contribution >= 0.6 is 0 Å². The van der Waals surface area contributed by atoms with Crippen molar-refractivity contribution >= 4 is 43.6 Å². The minimum atomic E-state index is 0.754. The van der Waals surface area contributed by atoms with Gasteiger partial charge in [-0.3, -0.25) is 4.57 Å². The van der Waals surface area contributed by atoms with Crippen molar-refractivity contribution in [2.24, 2.45) is 7.05 Å². The van der Waals surface area contributed by atoms with E-state index in [1.165, 1.54) is 27.2 Å². The number of benzene rings is 5. The van der Waals surface area contributed by atoms with Crippen LogP contribution in [0.2, 0.25) is 0 Å². The number of nitrogens with zero attached hydrogens (tertiary/aromatic N) is 5. The highest BCUT2D eigenvalue weighted by molar-refractivity contribution is 6.10. The van der Waals surface area contributed by atoms with E-state index in [1.807, 2.05) is 65.1 Å². The second-order valence-electron chi connectivity index (χ2n) is 11.3. The molecular formula is C39H27N5O. The number of aromatic nitrogens is 5. The van der Waals surface area contributed by atoms with Gasteiger partial charge < -0.3 is 18.4 Å². The molecule has 5 aromatic carbocycles. The van der Waals surface area contributed by atoms with Crippen molar-refractivity contribution in [3.63, 3.8) is 0 Å². The molecule has 0 aliphatic heterocycles. The third kappa shape index (κ3) is 4.11. The van der Waals surface area contributed by atoms with E-state index in [1.54, 1.807) is 0 Å². The molecule has 0 unspecified atom stereocenters. The number of hydrogen-bond acceptors (Lipinski definition) is 2. The summed E-state index contributed by atoms with van der Waals surface area (Å²) in [7, 11) is 1.96. The largest absolute Gasteiger partial charge is 0.458 e. The summed E-state index contributed by atoms with van der Waals surface area (Å²) in [5.74, 6) is 2.35. The second-order valence-corrected chi connectivity index (χ2v) is 11.3. The fraction of sp³-hybridized carbons (Fsp3) is 0.0256. The molecule has 9 aromatic rings. The molecule has 9 rings (SSSR count). The lowest BCUT2D eigenvalue weighted by Crippen LogP contribution is -2.24. The number of rotatable bonds is 5. The summed E-state index contributed by atoms with van der Waals surface area (Å²) in [6, 6.07) is 44.2. The van der Waals surface area contributed by atoms with Crippen molar-refractivity contribution in [3.8, 4) is 28.7 Å². The lowest BCUT2D eigenvalue weighted by molar-refractivity contribution is -0.674. The molecule has 0 radical (unpaired) electrons. The van der Waals surface area contributed by atoms with Crippen molar-refractivity contribution in [1.82, 2.24) is 18.7 Å². The SMILES string of the molecule is C[n+]1[c-]n(-c2cccc(Oc3ccc4c5ccccc5n(-c5cc(-n6c7ccccc7c7ccccc76)ccn5)c4c3)c2)cc1. The van der Waals surface area contributed by atoms with Gasteiger partial charge in [-0.05, 0) is 48.5 Å². The maximum Gasteiger partial charge on any atom is 0.243 e. The normalized spacial score (nSPS) is 11.7. The number of ether oxygens (including phenoxy) is 1. The minimum Gasteiger partial charge on any atom is -0.458 e. The van der Waals surface area contributed by atoms with Crippen LogP contribution in [0, 0.1) is 6.33 Å². The number of pyridine rings is 1. The van der Waals surface area contributed by atoms with Gasteiger partial charge in [0.2, 0.25) is 6.33 Å². The monoisotopic (exact) mass is 581 g/mol. The van der Waals surface area contributed by atoms with E-state index in [0.717, 1.165) is 45.1 Å². The fourth-order valence-electron chi connectivity index (χ4n) is 6.51. The molecule has 4 aromatic heterocycles. The first-order valence-corrected chi connectivity index (χ1v) is 14.9. The first kappa shape index (κ1) is 25.4. The molecule has 0 atom stereocenters. The molecule has 0 spiro atoms. The predicted octanol–water partition coefficient (Wildman–Crippen LogP) is 8.48. The third-order valence-electron chi connectivity index (χ3n) is 8.48. The molecule has 0 fully saturated rings. The van der Waals surface area contributed by atoms with Crippen LogP contribution in [0.3, 0.4) is 0 Å². The molecule has 45 heavy (non-hydrogen) atoms. The number of para-hydroxylation sites is 3. The van der Waals surface area contributed by atoms with Gasteiger partial charge in [0.1, 0.15) is 17.3 Å². The Labute approximate surface area is 259 Å². The fourth-order valence-corrected chi connectivity index (χ4v) is 6.51. The van der Waals surface area contributed by atoms with Crippen LogP contribution in [0.5, 0.6) is 11.5 Å². The number of fused-ring (bicyclic) bond motifs is 6. The Hall–Kier alpha value is -6.14. The van der Waals surface area contributed by atoms with Crippen LogP contribution < -0.4 is 9.30 Å². The van der Waals surface area contributed by atoms with Crippen LogP contribution in [-0.4, -0.2) is 18.7 Å². The minimum absolute atomic E-state index is 0.754. The quantitative estimate of drug-likeness (QED) is 0.151. The topological polar surface area (TPSA) is 40.8 Å². The first-order valence-electron chi connectivity index (χ1n) is 14.9. The summed E-state index contributed by atoms with van der Waals surface area (Å²) < 4.78 is 14.9. The molecule has 0 saturated carbocycles. The summed E-state index contributed by atoms with van der Waals surface area (Å²) in [5.41, 5.74) is 6.50. The Balaban J connectivity index is 1.20. The number of imidazole rings is 1. The molecule has 0 bridgehead atoms. The van der Waals surface area contributed by atoms with E-state index in [2.05, 4.69) is 113 Å². The highest BCUT2D eigenvalue weighted by Gasteiger charge is 2.17. The molecular weight excluding hydrogens is 554 g/mol. The van der Waals surface area contributed by atoms with Gasteiger partial charge in [-0.2, -0.15) is 0 Å². The van der Waals surface area contributed by atoms with Crippen molar-refractivity contribution in [2.75, 3.05) is 0 Å². The van der Waals surface area contributed by atoms with Crippen molar-refractivity contribution in [1.29, 1.82) is 0 Å². The maximum absolute atomic E-state index is 6.45. The van der Waals surface area contributed by atoms with Crippen LogP contribution in [0.15, 0.2) is 146 Å². The Morgan fingerprint density at radius 3 is 1.91 bits per heavy atom. The van der Waals surface area contributed by atoms with Crippen molar-refractivity contribution in [2.45, 2.75) is 0 Å². The van der Waals surface area contributed by atoms with Gasteiger partial charge in [0.25, 0.3) is 0 Å². The summed E-state index contributed by atoms with van der Waals surface area (Å²) >= 11 is 0. The van der Waals surface area contributed by atoms with Crippen LogP contribution in [0.4, 0.5) is 0 Å². The Morgan fingerprint density at radius 1 is 0.578 bits per heavy atom. The summed E-state index contributed by atoms with van der Waals surface area (Å²) in [6.07, 6.45) is 9.09. The Bertz CT molecular complexity index is 2500. The van der Waals surface area contributed by atoms with Gasteiger partial charge in [-0.25, -0.2) is 4.98 Å². The Kier molecular flexibility index (Phi) is 5.62. The summed E-state index contributed by atoms with van der Waals surface area (Å²) in [6.45, 7) is 0. The average Bonchev–Trinajstić information content (AvgIpc) is 3.76. The molecule has 0 aliphatic carbocycles. The third-order valence-corrected chi connectivity index (χ3v) is 8.48. The van der Waals surface area contributed by atoms with E-state index in [4.69, 9.17) is 9.72 Å². The zero-order valence-electron chi connectivity index (χ0n) is 24.5. The zero-order chi connectivity index (χ0) is 29.9. The van der Waals surface area contributed by atoms with E-state index < -0.39 is 0 Å². The van der Waals surface area contributed by atoms with E-state index in [-0.39, 0.29) is 0 Å². The van der Waals surface area contributed by atoms with Crippen molar-refractivity contribution in [3.05, 3.63) is 152 Å². The number of hydrogen-bond donors (Lipinski definition) is 0. The van der Waals surface area contributed by atoms with Crippen LogP contribution in [-0.2, 0) is 7.05 Å². The molecule has 0 saturated heterocycles. The molecule has 4 heterocycles. The molecule has 6 heteroatoms. The van der Waals surface area contributed by atoms with Gasteiger partial charge >= 0.3 is 0 Å². The van der Waals surface area contributed by atoms with Gasteiger partial charge in [-0.15, -0.1) is 0 Å². The molecule has 0 amide bonds. The molecule has 0 N–H and O–H groups in total. The predicted molar refractivity (Wildman–Crippen MR) is 179 cm³/mol. The lowest BCUT2D eigenvalue weighted by atomic mass is 10.1. The van der Waals surface area contributed by atoms with E-state index in [0.29, 0.717) is 0 Å². The van der Waals surface area contributed by atoms with Gasteiger partial charge in [0.15, 0.2) is 0 Å². The highest BCUT2D eigenvalue weighted by Crippen LogP contribution is 2.36. The molecule has 0 aliphatic rings. The van der Waals surface area contributed by atoms with Gasteiger partial charge in [-0.1, -0.05) is 66.7 Å². The van der Waals surface area contributed by atoms with Crippen LogP contribution in [0.25, 0.3) is 60.8 Å². The average molecular weight is 582 g/mol. The van der Waals surface area contributed by atoms with Gasteiger partial charge in [0.05, 0.1) is 40.5 Å². The van der Waals surface area contributed by atoms with Crippen molar-refractivity contribution < 1.29 is 9.30 Å². The van der Waals surface area contributed by atoms with Gasteiger partial charge in [0, 0.05) is 52.3 Å². The highest BCUT2D eigenvalue weighted by atomic mass is 16.5. The van der Waals surface area contributed by atoms with E-state index in [9.17, 15) is 0 Å². The first-order chi connectivity index (χ1) is 22.2. The molecule has 6 nitrogen and oxygen atoms in total. The summed E-state index contributed by atoms with van der Waals surface area (Å²) in [4.78, 5) is 4.91. The Morgan fingerprint density at radius 2 is 1.22 bits per heavy atom. The lowest BCUT2D eigenvalue weighted by Gasteiger charge is -2.12. The smallest absolute Gasteiger partial charge is 0.243 e. The summed E-state index contributed by atoms with van der Waals surface area (Å²) in [5, 5.41) is 4.78. The van der Waals surface area contributed by atoms with Crippen LogP contribution in [0.1, 0.15) is 0 Å². The maximum atomic E-state index is 6.45. The number of aryl methyl sites for hydroxylation is 1. The second kappa shape index (κ2) is 9.96. The molecule has 214 valence electrons. The van der Waals surface area contributed by atoms with E-state index >= 15 is 0 Å². The standard InChI is InChI=1S/C39H27N5O/c1-41-21-22-42(26-41)27-9-8-10-29(23-27)45-30-17-18-34-33-13-4-7-16-37(33)44(38(34)25-30)39-24-28(19-20-40-39)43-35-14-5-2-11-31(35)32-12-3-6-15-36(32)43/h2-25H,1H3. The zero-order valence-corrected chi connectivity index (χ0v) is 24.5.